The fraction of sp³-hybridized carbons (Fsp3) is 0.462. The highest BCUT2D eigenvalue weighted by Crippen LogP contribution is 2.35. The number of carbonyl (C=O) groups is 1. The first-order valence-electron chi connectivity index (χ1n) is 5.59. The number of hydrogen-bond donors (Lipinski definition) is 1. The molecule has 1 aromatic carbocycles. The maximum absolute atomic E-state index is 11.3. The third-order valence-corrected chi connectivity index (χ3v) is 3.21. The van der Waals surface area contributed by atoms with Gasteiger partial charge in [-0.3, -0.25) is 4.79 Å². The topological polar surface area (TPSA) is 46.5 Å². The number of rotatable bonds is 2. The van der Waals surface area contributed by atoms with E-state index in [-0.39, 0.29) is 11.9 Å². The molecular formula is C13H16O3. The molecule has 0 radical (unpaired) electrons. The molecule has 1 unspecified atom stereocenters. The maximum Gasteiger partial charge on any atom is 0.306 e. The number of ether oxygens (including phenoxy) is 1. The summed E-state index contributed by atoms with van der Waals surface area (Å²) in [5, 5.41) is 9.41. The smallest absolute Gasteiger partial charge is 0.306 e. The predicted molar refractivity (Wildman–Crippen MR) is 60.4 cm³/mol. The highest BCUT2D eigenvalue weighted by molar-refractivity contribution is 5.70. The second kappa shape index (κ2) is 4.56. The van der Waals surface area contributed by atoms with Gasteiger partial charge in [0.05, 0.1) is 13.5 Å². The molecule has 0 saturated carbocycles. The molecule has 0 amide bonds. The molecule has 0 spiro atoms. The molecule has 3 heteroatoms. The Kier molecular flexibility index (Phi) is 3.13. The molecule has 0 aromatic heterocycles. The van der Waals surface area contributed by atoms with Gasteiger partial charge in [0, 0.05) is 0 Å². The average Bonchev–Trinajstić information content (AvgIpc) is 2.28. The van der Waals surface area contributed by atoms with E-state index in [1.165, 1.54) is 18.2 Å². The van der Waals surface area contributed by atoms with E-state index >= 15 is 0 Å². The van der Waals surface area contributed by atoms with Crippen LogP contribution in [-0.4, -0.2) is 18.2 Å². The van der Waals surface area contributed by atoms with Crippen LogP contribution in [0.4, 0.5) is 0 Å². The first kappa shape index (κ1) is 11.0. The van der Waals surface area contributed by atoms with Crippen molar-refractivity contribution in [3.63, 3.8) is 0 Å². The molecule has 1 aliphatic rings. The molecule has 86 valence electrons. The van der Waals surface area contributed by atoms with Gasteiger partial charge in [0.2, 0.25) is 0 Å². The Morgan fingerprint density at radius 1 is 1.56 bits per heavy atom. The molecule has 0 bridgehead atoms. The summed E-state index contributed by atoms with van der Waals surface area (Å²) in [7, 11) is 1.42. The minimum Gasteiger partial charge on any atom is -0.508 e. The first-order chi connectivity index (χ1) is 7.70. The Labute approximate surface area is 95.0 Å². The second-order valence-corrected chi connectivity index (χ2v) is 4.25. The van der Waals surface area contributed by atoms with Crippen LogP contribution < -0.4 is 0 Å². The van der Waals surface area contributed by atoms with Gasteiger partial charge in [-0.25, -0.2) is 0 Å². The van der Waals surface area contributed by atoms with E-state index in [1.54, 1.807) is 12.1 Å². The summed E-state index contributed by atoms with van der Waals surface area (Å²) in [5.41, 5.74) is 2.36. The van der Waals surface area contributed by atoms with Crippen LogP contribution in [0.15, 0.2) is 18.2 Å². The summed E-state index contributed by atoms with van der Waals surface area (Å²) < 4.78 is 4.70. The number of esters is 1. The molecule has 1 atom stereocenters. The fourth-order valence-corrected chi connectivity index (χ4v) is 2.40. The molecule has 0 saturated heterocycles. The molecule has 2 rings (SSSR count). The SMILES string of the molecule is COC(=O)CC1CCCc2cc(O)ccc21. The Hall–Kier alpha value is -1.51. The fourth-order valence-electron chi connectivity index (χ4n) is 2.40. The van der Waals surface area contributed by atoms with Crippen molar-refractivity contribution in [1.29, 1.82) is 0 Å². The quantitative estimate of drug-likeness (QED) is 0.778. The van der Waals surface area contributed by atoms with Crippen LogP contribution in [-0.2, 0) is 16.0 Å². The Morgan fingerprint density at radius 3 is 3.12 bits per heavy atom. The normalized spacial score (nSPS) is 18.9. The monoisotopic (exact) mass is 220 g/mol. The van der Waals surface area contributed by atoms with E-state index in [4.69, 9.17) is 4.74 Å². The van der Waals surface area contributed by atoms with E-state index < -0.39 is 0 Å². The number of fused-ring (bicyclic) bond motifs is 1. The average molecular weight is 220 g/mol. The molecule has 0 heterocycles. The lowest BCUT2D eigenvalue weighted by atomic mass is 9.81. The van der Waals surface area contributed by atoms with Crippen molar-refractivity contribution in [2.45, 2.75) is 31.6 Å². The standard InChI is InChI=1S/C13H16O3/c1-16-13(15)8-10-4-2-3-9-7-11(14)5-6-12(9)10/h5-7,10,14H,2-4,8H2,1H3. The number of aromatic hydroxyl groups is 1. The number of methoxy groups -OCH3 is 1. The third kappa shape index (κ3) is 2.18. The van der Waals surface area contributed by atoms with Crippen LogP contribution in [0.25, 0.3) is 0 Å². The number of phenolic OH excluding ortho intramolecular Hbond substituents is 1. The molecule has 0 aliphatic heterocycles. The predicted octanol–water partition coefficient (Wildman–Crippen LogP) is 2.38. The van der Waals surface area contributed by atoms with Gasteiger partial charge in [-0.2, -0.15) is 0 Å². The number of carbonyl (C=O) groups excluding carboxylic acids is 1. The summed E-state index contributed by atoms with van der Waals surface area (Å²) in [6.45, 7) is 0. The zero-order chi connectivity index (χ0) is 11.5. The van der Waals surface area contributed by atoms with Gasteiger partial charge >= 0.3 is 5.97 Å². The summed E-state index contributed by atoms with van der Waals surface area (Å²) in [5.74, 6) is 0.389. The van der Waals surface area contributed by atoms with E-state index in [0.717, 1.165) is 19.3 Å². The molecule has 3 nitrogen and oxygen atoms in total. The van der Waals surface area contributed by atoms with E-state index in [9.17, 15) is 9.90 Å². The largest absolute Gasteiger partial charge is 0.508 e. The lowest BCUT2D eigenvalue weighted by molar-refractivity contribution is -0.141. The zero-order valence-electron chi connectivity index (χ0n) is 9.40. The van der Waals surface area contributed by atoms with Gasteiger partial charge in [0.25, 0.3) is 0 Å². The lowest BCUT2D eigenvalue weighted by Gasteiger charge is -2.24. The van der Waals surface area contributed by atoms with Crippen molar-refractivity contribution in [1.82, 2.24) is 0 Å². The van der Waals surface area contributed by atoms with Crippen LogP contribution in [0.3, 0.4) is 0 Å². The lowest BCUT2D eigenvalue weighted by Crippen LogP contribution is -2.14. The Morgan fingerprint density at radius 2 is 2.38 bits per heavy atom. The van der Waals surface area contributed by atoms with Crippen LogP contribution in [0.2, 0.25) is 0 Å². The summed E-state index contributed by atoms with van der Waals surface area (Å²) in [6, 6.07) is 5.42. The number of aryl methyl sites for hydroxylation is 1. The number of phenols is 1. The number of hydrogen-bond acceptors (Lipinski definition) is 3. The maximum atomic E-state index is 11.3. The first-order valence-corrected chi connectivity index (χ1v) is 5.59. The molecule has 1 N–H and O–H groups in total. The van der Waals surface area contributed by atoms with Crippen molar-refractivity contribution >= 4 is 5.97 Å². The molecule has 16 heavy (non-hydrogen) atoms. The number of benzene rings is 1. The van der Waals surface area contributed by atoms with Gasteiger partial charge in [-0.05, 0) is 48.4 Å². The van der Waals surface area contributed by atoms with Crippen LogP contribution in [0, 0.1) is 0 Å². The highest BCUT2D eigenvalue weighted by Gasteiger charge is 2.23. The van der Waals surface area contributed by atoms with Crippen molar-refractivity contribution < 1.29 is 14.6 Å². The van der Waals surface area contributed by atoms with E-state index in [1.807, 2.05) is 6.07 Å². The van der Waals surface area contributed by atoms with Crippen molar-refractivity contribution in [2.24, 2.45) is 0 Å². The molecule has 0 fully saturated rings. The second-order valence-electron chi connectivity index (χ2n) is 4.25. The van der Waals surface area contributed by atoms with Gasteiger partial charge in [-0.1, -0.05) is 6.07 Å². The zero-order valence-corrected chi connectivity index (χ0v) is 9.40. The third-order valence-electron chi connectivity index (χ3n) is 3.21. The Balaban J connectivity index is 2.23. The van der Waals surface area contributed by atoms with Crippen LogP contribution in [0.5, 0.6) is 5.75 Å². The van der Waals surface area contributed by atoms with Gasteiger partial charge in [-0.15, -0.1) is 0 Å². The minimum atomic E-state index is -0.161. The van der Waals surface area contributed by atoms with Gasteiger partial charge in [0.1, 0.15) is 5.75 Å². The summed E-state index contributed by atoms with van der Waals surface area (Å²) in [4.78, 5) is 11.3. The highest BCUT2D eigenvalue weighted by atomic mass is 16.5. The van der Waals surface area contributed by atoms with Crippen molar-refractivity contribution in [3.05, 3.63) is 29.3 Å². The van der Waals surface area contributed by atoms with E-state index in [2.05, 4.69) is 0 Å². The van der Waals surface area contributed by atoms with Gasteiger partial charge < -0.3 is 9.84 Å². The minimum absolute atomic E-state index is 0.161. The summed E-state index contributed by atoms with van der Waals surface area (Å²) in [6.07, 6.45) is 3.51. The van der Waals surface area contributed by atoms with Crippen LogP contribution >= 0.6 is 0 Å². The Bertz CT molecular complexity index is 398. The molecular weight excluding hydrogens is 204 g/mol. The van der Waals surface area contributed by atoms with Crippen molar-refractivity contribution in [3.8, 4) is 5.75 Å². The van der Waals surface area contributed by atoms with Gasteiger partial charge in [0.15, 0.2) is 0 Å². The van der Waals surface area contributed by atoms with E-state index in [0.29, 0.717) is 12.2 Å². The van der Waals surface area contributed by atoms with Crippen LogP contribution in [0.1, 0.15) is 36.3 Å². The molecule has 1 aromatic rings. The molecule has 1 aliphatic carbocycles. The summed E-state index contributed by atoms with van der Waals surface area (Å²) >= 11 is 0. The van der Waals surface area contributed by atoms with Crippen molar-refractivity contribution in [2.75, 3.05) is 7.11 Å².